The highest BCUT2D eigenvalue weighted by Crippen LogP contribution is 2.45. The monoisotopic (exact) mass is 192 g/mol. The molecule has 0 radical (unpaired) electrons. The lowest BCUT2D eigenvalue weighted by Gasteiger charge is -2.30. The average molecular weight is 192 g/mol. The van der Waals surface area contributed by atoms with E-state index in [0.717, 1.165) is 13.0 Å². The van der Waals surface area contributed by atoms with Crippen LogP contribution in [0.25, 0.3) is 0 Å². The molecule has 1 aliphatic rings. The topological polar surface area (TPSA) is 20.2 Å². The van der Waals surface area contributed by atoms with Gasteiger partial charge in [-0.1, -0.05) is 6.08 Å². The van der Waals surface area contributed by atoms with E-state index in [-0.39, 0.29) is 12.2 Å². The van der Waals surface area contributed by atoms with Crippen LogP contribution in [-0.2, 0) is 0 Å². The van der Waals surface area contributed by atoms with Crippen molar-refractivity contribution in [2.24, 2.45) is 5.41 Å². The molecule has 0 aromatic heterocycles. The molecule has 1 atom stereocenters. The standard InChI is InChI=1S/C9H11F3O/c1-6-3-4-8(2,5-7(6)13)9(10,11)12/h3,5,13H,4H2,1-2H3. The van der Waals surface area contributed by atoms with Crippen LogP contribution in [0, 0.1) is 5.41 Å². The van der Waals surface area contributed by atoms with E-state index in [2.05, 4.69) is 0 Å². The van der Waals surface area contributed by atoms with Crippen LogP contribution in [-0.4, -0.2) is 11.3 Å². The second-order valence-electron chi connectivity index (χ2n) is 3.54. The zero-order valence-corrected chi connectivity index (χ0v) is 7.44. The predicted octanol–water partition coefficient (Wildman–Crippen LogP) is 3.35. The van der Waals surface area contributed by atoms with Gasteiger partial charge in [-0.2, -0.15) is 13.2 Å². The van der Waals surface area contributed by atoms with Gasteiger partial charge in [0, 0.05) is 0 Å². The van der Waals surface area contributed by atoms with Gasteiger partial charge in [0.2, 0.25) is 0 Å². The Morgan fingerprint density at radius 2 is 2.00 bits per heavy atom. The molecule has 74 valence electrons. The van der Waals surface area contributed by atoms with Gasteiger partial charge >= 0.3 is 6.18 Å². The molecule has 1 nitrogen and oxygen atoms in total. The van der Waals surface area contributed by atoms with E-state index in [4.69, 9.17) is 5.11 Å². The van der Waals surface area contributed by atoms with Gasteiger partial charge in [0.05, 0.1) is 5.41 Å². The van der Waals surface area contributed by atoms with E-state index in [1.54, 1.807) is 6.92 Å². The lowest BCUT2D eigenvalue weighted by molar-refractivity contribution is -0.199. The number of allylic oxidation sites excluding steroid dienone is 3. The fraction of sp³-hybridized carbons (Fsp3) is 0.556. The maximum absolute atomic E-state index is 12.4. The van der Waals surface area contributed by atoms with Crippen LogP contribution in [0.3, 0.4) is 0 Å². The third-order valence-electron chi connectivity index (χ3n) is 2.34. The maximum Gasteiger partial charge on any atom is 0.398 e. The Kier molecular flexibility index (Phi) is 2.18. The first kappa shape index (κ1) is 10.2. The molecule has 1 unspecified atom stereocenters. The van der Waals surface area contributed by atoms with Crippen molar-refractivity contribution in [3.63, 3.8) is 0 Å². The van der Waals surface area contributed by atoms with Gasteiger partial charge < -0.3 is 5.11 Å². The molecule has 1 N–H and O–H groups in total. The number of alkyl halides is 3. The Bertz CT molecular complexity index is 275. The largest absolute Gasteiger partial charge is 0.508 e. The summed E-state index contributed by atoms with van der Waals surface area (Å²) in [6, 6.07) is 0. The minimum absolute atomic E-state index is 0.105. The molecule has 0 fully saturated rings. The molecule has 0 amide bonds. The Morgan fingerprint density at radius 1 is 1.46 bits per heavy atom. The van der Waals surface area contributed by atoms with Gasteiger partial charge in [-0.15, -0.1) is 0 Å². The molecule has 0 aromatic rings. The summed E-state index contributed by atoms with van der Waals surface area (Å²) < 4.78 is 37.3. The van der Waals surface area contributed by atoms with E-state index < -0.39 is 11.6 Å². The second-order valence-corrected chi connectivity index (χ2v) is 3.54. The summed E-state index contributed by atoms with van der Waals surface area (Å²) in [6.07, 6.45) is -2.13. The molecule has 0 bridgehead atoms. The van der Waals surface area contributed by atoms with Crippen molar-refractivity contribution < 1.29 is 18.3 Å². The van der Waals surface area contributed by atoms with E-state index in [1.165, 1.54) is 6.08 Å². The fourth-order valence-corrected chi connectivity index (χ4v) is 1.14. The summed E-state index contributed by atoms with van der Waals surface area (Å²) in [5.74, 6) is -0.272. The minimum atomic E-state index is -4.31. The third kappa shape index (κ3) is 1.71. The Morgan fingerprint density at radius 3 is 2.38 bits per heavy atom. The maximum atomic E-state index is 12.4. The first-order chi connectivity index (χ1) is 5.76. The van der Waals surface area contributed by atoms with E-state index >= 15 is 0 Å². The molecule has 1 rings (SSSR count). The van der Waals surface area contributed by atoms with Gasteiger partial charge in [-0.05, 0) is 31.9 Å². The molecule has 0 heterocycles. The van der Waals surface area contributed by atoms with Crippen molar-refractivity contribution in [1.82, 2.24) is 0 Å². The van der Waals surface area contributed by atoms with Crippen LogP contribution in [0.15, 0.2) is 23.5 Å². The zero-order chi connectivity index (χ0) is 10.3. The quantitative estimate of drug-likeness (QED) is 0.624. The van der Waals surface area contributed by atoms with E-state index in [9.17, 15) is 13.2 Å². The lowest BCUT2D eigenvalue weighted by atomic mass is 9.81. The summed E-state index contributed by atoms with van der Waals surface area (Å²) in [5, 5.41) is 9.17. The number of halogens is 3. The molecular weight excluding hydrogens is 181 g/mol. The Labute approximate surface area is 74.6 Å². The lowest BCUT2D eigenvalue weighted by Crippen LogP contribution is -2.34. The zero-order valence-electron chi connectivity index (χ0n) is 7.44. The summed E-state index contributed by atoms with van der Waals surface area (Å²) >= 11 is 0. The first-order valence-corrected chi connectivity index (χ1v) is 3.92. The van der Waals surface area contributed by atoms with Gasteiger partial charge in [-0.3, -0.25) is 0 Å². The number of hydrogen-bond acceptors (Lipinski definition) is 1. The predicted molar refractivity (Wildman–Crippen MR) is 43.2 cm³/mol. The summed E-state index contributed by atoms with van der Waals surface area (Å²) in [4.78, 5) is 0. The van der Waals surface area contributed by atoms with Crippen molar-refractivity contribution in [1.29, 1.82) is 0 Å². The van der Waals surface area contributed by atoms with Crippen molar-refractivity contribution >= 4 is 0 Å². The SMILES string of the molecule is CC1=CCC(C)(C(F)(F)F)C=C1O. The van der Waals surface area contributed by atoms with Crippen LogP contribution >= 0.6 is 0 Å². The first-order valence-electron chi connectivity index (χ1n) is 3.92. The normalized spacial score (nSPS) is 29.6. The Balaban J connectivity index is 3.01. The van der Waals surface area contributed by atoms with Crippen LogP contribution < -0.4 is 0 Å². The molecule has 0 aromatic carbocycles. The number of aliphatic hydroxyl groups excluding tert-OH is 1. The van der Waals surface area contributed by atoms with Gasteiger partial charge in [0.25, 0.3) is 0 Å². The molecular formula is C9H11F3O. The highest BCUT2D eigenvalue weighted by molar-refractivity contribution is 5.30. The summed E-state index contributed by atoms with van der Waals surface area (Å²) in [5.41, 5.74) is -1.42. The highest BCUT2D eigenvalue weighted by Gasteiger charge is 2.50. The van der Waals surface area contributed by atoms with Gasteiger partial charge in [0.1, 0.15) is 5.76 Å². The van der Waals surface area contributed by atoms with Crippen LogP contribution in [0.4, 0.5) is 13.2 Å². The minimum Gasteiger partial charge on any atom is -0.508 e. The fourth-order valence-electron chi connectivity index (χ4n) is 1.14. The third-order valence-corrected chi connectivity index (χ3v) is 2.34. The Hall–Kier alpha value is -0.930. The molecule has 0 spiro atoms. The van der Waals surface area contributed by atoms with Gasteiger partial charge in [0.15, 0.2) is 0 Å². The highest BCUT2D eigenvalue weighted by atomic mass is 19.4. The number of aliphatic hydroxyl groups is 1. The summed E-state index contributed by atoms with van der Waals surface area (Å²) in [7, 11) is 0. The van der Waals surface area contributed by atoms with Crippen LogP contribution in [0.5, 0.6) is 0 Å². The van der Waals surface area contributed by atoms with Crippen molar-refractivity contribution in [2.45, 2.75) is 26.4 Å². The average Bonchev–Trinajstić information content (AvgIpc) is 1.95. The molecule has 0 saturated heterocycles. The molecule has 13 heavy (non-hydrogen) atoms. The number of rotatable bonds is 0. The van der Waals surface area contributed by atoms with Crippen molar-refractivity contribution in [3.05, 3.63) is 23.5 Å². The molecule has 0 saturated carbocycles. The van der Waals surface area contributed by atoms with E-state index in [1.807, 2.05) is 0 Å². The molecule has 4 heteroatoms. The van der Waals surface area contributed by atoms with Crippen LogP contribution in [0.2, 0.25) is 0 Å². The van der Waals surface area contributed by atoms with Crippen molar-refractivity contribution in [3.8, 4) is 0 Å². The van der Waals surface area contributed by atoms with E-state index in [0.29, 0.717) is 5.57 Å². The van der Waals surface area contributed by atoms with Crippen molar-refractivity contribution in [2.75, 3.05) is 0 Å². The smallest absolute Gasteiger partial charge is 0.398 e. The number of hydrogen-bond donors (Lipinski definition) is 1. The van der Waals surface area contributed by atoms with Crippen LogP contribution in [0.1, 0.15) is 20.3 Å². The van der Waals surface area contributed by atoms with Gasteiger partial charge in [-0.25, -0.2) is 0 Å². The second kappa shape index (κ2) is 2.79. The molecule has 0 aliphatic heterocycles. The molecule has 1 aliphatic carbocycles. The summed E-state index contributed by atoms with van der Waals surface area (Å²) in [6.45, 7) is 2.66.